The van der Waals surface area contributed by atoms with Gasteiger partial charge in [-0.1, -0.05) is 47.0 Å². The Morgan fingerprint density at radius 2 is 1.90 bits per heavy atom. The van der Waals surface area contributed by atoms with E-state index in [0.29, 0.717) is 27.9 Å². The predicted molar refractivity (Wildman–Crippen MR) is 123 cm³/mol. The zero-order chi connectivity index (χ0) is 21.7. The van der Waals surface area contributed by atoms with Gasteiger partial charge >= 0.3 is 0 Å². The molecule has 2 aromatic carbocycles. The summed E-state index contributed by atoms with van der Waals surface area (Å²) in [4.78, 5) is 25.3. The Hall–Kier alpha value is -1.88. The van der Waals surface area contributed by atoms with Crippen molar-refractivity contribution in [2.45, 2.75) is 45.6 Å². The van der Waals surface area contributed by atoms with Crippen LogP contribution in [0.1, 0.15) is 46.3 Å². The van der Waals surface area contributed by atoms with Gasteiger partial charge in [-0.05, 0) is 75.0 Å². The minimum Gasteiger partial charge on any atom is -0.353 e. The molecule has 2 unspecified atom stereocenters. The topological polar surface area (TPSA) is 58.2 Å². The molecule has 0 aliphatic carbocycles. The van der Waals surface area contributed by atoms with E-state index in [-0.39, 0.29) is 30.6 Å². The fourth-order valence-electron chi connectivity index (χ4n) is 3.95. The van der Waals surface area contributed by atoms with Gasteiger partial charge in [-0.15, -0.1) is 0 Å². The minimum absolute atomic E-state index is 0.00918. The van der Waals surface area contributed by atoms with Crippen LogP contribution in [0.3, 0.4) is 0 Å². The Morgan fingerprint density at radius 3 is 2.60 bits per heavy atom. The summed E-state index contributed by atoms with van der Waals surface area (Å²) in [6.45, 7) is 5.70. The number of rotatable bonds is 8. The van der Waals surface area contributed by atoms with Crippen LogP contribution < -0.4 is 10.6 Å². The van der Waals surface area contributed by atoms with Gasteiger partial charge in [0.15, 0.2) is 5.78 Å². The normalized spacial score (nSPS) is 17.0. The Labute approximate surface area is 188 Å². The highest BCUT2D eigenvalue weighted by molar-refractivity contribution is 6.42. The second kappa shape index (κ2) is 10.4. The van der Waals surface area contributed by atoms with E-state index in [2.05, 4.69) is 10.6 Å². The smallest absolute Gasteiger partial charge is 0.220 e. The molecule has 4 nitrogen and oxygen atoms in total. The molecule has 6 heteroatoms. The molecule has 0 saturated carbocycles. The first-order chi connectivity index (χ1) is 14.3. The van der Waals surface area contributed by atoms with E-state index in [4.69, 9.17) is 23.2 Å². The molecule has 0 aromatic heterocycles. The van der Waals surface area contributed by atoms with E-state index in [1.165, 1.54) is 0 Å². The van der Waals surface area contributed by atoms with Crippen LogP contribution in [0.5, 0.6) is 0 Å². The van der Waals surface area contributed by atoms with Crippen molar-refractivity contribution in [1.82, 2.24) is 10.6 Å². The van der Waals surface area contributed by atoms with E-state index in [0.717, 1.165) is 36.2 Å². The largest absolute Gasteiger partial charge is 0.353 e. The van der Waals surface area contributed by atoms with Crippen molar-refractivity contribution >= 4 is 34.9 Å². The van der Waals surface area contributed by atoms with Crippen molar-refractivity contribution in [3.63, 3.8) is 0 Å². The number of benzene rings is 2. The quantitative estimate of drug-likeness (QED) is 0.566. The first-order valence-corrected chi connectivity index (χ1v) is 11.1. The van der Waals surface area contributed by atoms with Gasteiger partial charge in [0.1, 0.15) is 0 Å². The lowest BCUT2D eigenvalue weighted by Crippen LogP contribution is -2.42. The maximum Gasteiger partial charge on any atom is 0.220 e. The average molecular weight is 447 g/mol. The molecule has 1 fully saturated rings. The first-order valence-electron chi connectivity index (χ1n) is 10.4. The summed E-state index contributed by atoms with van der Waals surface area (Å²) in [5.41, 5.74) is 3.73. The lowest BCUT2D eigenvalue weighted by atomic mass is 9.92. The molecule has 2 N–H and O–H groups in total. The third-order valence-electron chi connectivity index (χ3n) is 5.73. The molecule has 1 saturated heterocycles. The Morgan fingerprint density at radius 1 is 1.10 bits per heavy atom. The summed E-state index contributed by atoms with van der Waals surface area (Å²) >= 11 is 12.2. The molecule has 0 radical (unpaired) electrons. The molecule has 0 spiro atoms. The maximum absolute atomic E-state index is 12.7. The lowest BCUT2D eigenvalue weighted by Gasteiger charge is -2.25. The fourth-order valence-corrected chi connectivity index (χ4v) is 4.27. The number of halogens is 2. The summed E-state index contributed by atoms with van der Waals surface area (Å²) < 4.78 is 0. The van der Waals surface area contributed by atoms with Crippen LogP contribution in [0, 0.1) is 19.8 Å². The van der Waals surface area contributed by atoms with Gasteiger partial charge in [-0.3, -0.25) is 9.59 Å². The van der Waals surface area contributed by atoms with Crippen LogP contribution in [0.15, 0.2) is 36.4 Å². The summed E-state index contributed by atoms with van der Waals surface area (Å²) in [5.74, 6) is 0.263. The molecule has 1 aliphatic heterocycles. The number of aryl methyl sites for hydroxylation is 2. The lowest BCUT2D eigenvalue weighted by molar-refractivity contribution is -0.122. The van der Waals surface area contributed by atoms with Crippen LogP contribution in [0.25, 0.3) is 0 Å². The van der Waals surface area contributed by atoms with E-state index < -0.39 is 0 Å². The Bertz CT molecular complexity index is 923. The first kappa shape index (κ1) is 22.8. The van der Waals surface area contributed by atoms with Crippen LogP contribution in [-0.4, -0.2) is 30.8 Å². The van der Waals surface area contributed by atoms with Crippen molar-refractivity contribution < 1.29 is 9.59 Å². The molecule has 1 amide bonds. The van der Waals surface area contributed by atoms with Crippen molar-refractivity contribution in [2.75, 3.05) is 13.1 Å². The van der Waals surface area contributed by atoms with Gasteiger partial charge in [-0.2, -0.15) is 0 Å². The third kappa shape index (κ3) is 6.07. The van der Waals surface area contributed by atoms with Crippen molar-refractivity contribution in [2.24, 2.45) is 5.92 Å². The monoisotopic (exact) mass is 446 g/mol. The molecule has 2 aromatic rings. The molecule has 2 atom stereocenters. The highest BCUT2D eigenvalue weighted by atomic mass is 35.5. The van der Waals surface area contributed by atoms with Crippen molar-refractivity contribution in [3.8, 4) is 0 Å². The molecule has 30 heavy (non-hydrogen) atoms. The van der Waals surface area contributed by atoms with Gasteiger partial charge < -0.3 is 10.6 Å². The highest BCUT2D eigenvalue weighted by Crippen LogP contribution is 2.25. The molecule has 0 bridgehead atoms. The zero-order valence-electron chi connectivity index (χ0n) is 17.4. The molecule has 160 valence electrons. The van der Waals surface area contributed by atoms with Crippen LogP contribution in [0.4, 0.5) is 0 Å². The number of hydrogen-bond donors (Lipinski definition) is 2. The Balaban J connectivity index is 1.62. The third-order valence-corrected chi connectivity index (χ3v) is 6.47. The van der Waals surface area contributed by atoms with Crippen LogP contribution in [0.2, 0.25) is 10.0 Å². The summed E-state index contributed by atoms with van der Waals surface area (Å²) in [6, 6.07) is 11.4. The fraction of sp³-hybridized carbons (Fsp3) is 0.417. The number of ketones is 1. The van der Waals surface area contributed by atoms with Crippen LogP contribution >= 0.6 is 23.2 Å². The van der Waals surface area contributed by atoms with E-state index >= 15 is 0 Å². The van der Waals surface area contributed by atoms with Crippen LogP contribution in [-0.2, 0) is 11.2 Å². The zero-order valence-corrected chi connectivity index (χ0v) is 18.9. The second-order valence-electron chi connectivity index (χ2n) is 8.12. The summed E-state index contributed by atoms with van der Waals surface area (Å²) in [5, 5.41) is 7.57. The second-order valence-corrected chi connectivity index (χ2v) is 8.94. The highest BCUT2D eigenvalue weighted by Gasteiger charge is 2.27. The summed E-state index contributed by atoms with van der Waals surface area (Å²) in [6.07, 6.45) is 2.08. The minimum atomic E-state index is -0.0920. The number of carbonyl (C=O) groups excluding carboxylic acids is 2. The number of hydrogen-bond acceptors (Lipinski definition) is 3. The molecular weight excluding hydrogens is 419 g/mol. The SMILES string of the molecule is Cc1ccc(C)c(C(=O)CCC(=O)NC(Cc2ccc(Cl)c(Cl)c2)C2CCNC2)c1. The number of nitrogens with one attached hydrogen (secondary N) is 2. The standard InChI is InChI=1S/C24H28Cl2N2O2/c1-15-3-4-16(2)19(11-15)23(29)7-8-24(30)28-22(18-9-10-27-14-18)13-17-5-6-20(25)21(26)12-17/h3-6,11-12,18,22,27H,7-10,13-14H2,1-2H3,(H,28,30). The Kier molecular flexibility index (Phi) is 7.93. The van der Waals surface area contributed by atoms with E-state index in [1.54, 1.807) is 6.07 Å². The maximum atomic E-state index is 12.7. The molecule has 1 heterocycles. The van der Waals surface area contributed by atoms with Crippen molar-refractivity contribution in [3.05, 3.63) is 68.7 Å². The number of amides is 1. The molecule has 1 aliphatic rings. The number of carbonyl (C=O) groups is 2. The summed E-state index contributed by atoms with van der Waals surface area (Å²) in [7, 11) is 0. The van der Waals surface area contributed by atoms with E-state index in [1.807, 2.05) is 44.2 Å². The number of Topliss-reactive ketones (excluding diaryl/α,β-unsaturated/α-hetero) is 1. The van der Waals surface area contributed by atoms with Gasteiger partial charge in [0.05, 0.1) is 10.0 Å². The van der Waals surface area contributed by atoms with Gasteiger partial charge in [0.25, 0.3) is 0 Å². The average Bonchev–Trinajstić information content (AvgIpc) is 3.25. The van der Waals surface area contributed by atoms with Crippen molar-refractivity contribution in [1.29, 1.82) is 0 Å². The molecular formula is C24H28Cl2N2O2. The van der Waals surface area contributed by atoms with E-state index in [9.17, 15) is 9.59 Å². The van der Waals surface area contributed by atoms with Gasteiger partial charge in [-0.25, -0.2) is 0 Å². The predicted octanol–water partition coefficient (Wildman–Crippen LogP) is 4.91. The van der Waals surface area contributed by atoms with Gasteiger partial charge in [0.2, 0.25) is 5.91 Å². The van der Waals surface area contributed by atoms with Gasteiger partial charge in [0, 0.05) is 24.4 Å². The molecule has 3 rings (SSSR count).